The van der Waals surface area contributed by atoms with E-state index in [1.165, 1.54) is 4.90 Å². The number of rotatable bonds is 7. The van der Waals surface area contributed by atoms with Gasteiger partial charge in [-0.2, -0.15) is 0 Å². The van der Waals surface area contributed by atoms with E-state index in [9.17, 15) is 10.2 Å². The molecule has 0 unspecified atom stereocenters. The van der Waals surface area contributed by atoms with Gasteiger partial charge in [0.2, 0.25) is 0 Å². The summed E-state index contributed by atoms with van der Waals surface area (Å²) in [7, 11) is 0. The number of thioether (sulfide) groups is 1. The van der Waals surface area contributed by atoms with Crippen LogP contribution in [0.25, 0.3) is 11.1 Å². The van der Waals surface area contributed by atoms with E-state index < -0.39 is 0 Å². The smallest absolute Gasteiger partial charge is 0.0606 e. The molecule has 0 aromatic heterocycles. The Bertz CT molecular complexity index is 596. The molecule has 2 aromatic rings. The lowest BCUT2D eigenvalue weighted by Gasteiger charge is -2.26. The highest BCUT2D eigenvalue weighted by molar-refractivity contribution is 7.98. The number of benzene rings is 2. The van der Waals surface area contributed by atoms with Crippen LogP contribution in [-0.4, -0.2) is 42.8 Å². The second kappa shape index (κ2) is 8.08. The molecule has 4 nitrogen and oxygen atoms in total. The van der Waals surface area contributed by atoms with Crippen LogP contribution in [0.5, 0.6) is 0 Å². The van der Waals surface area contributed by atoms with Crippen molar-refractivity contribution >= 4 is 23.1 Å². The summed E-state index contributed by atoms with van der Waals surface area (Å²) in [6, 6.07) is 14.0. The molecule has 0 amide bonds. The number of nitrogen functional groups attached to an aromatic ring is 1. The third-order valence-electron chi connectivity index (χ3n) is 3.50. The summed E-state index contributed by atoms with van der Waals surface area (Å²) in [5, 5.41) is 18.5. The molecule has 0 aliphatic carbocycles. The number of anilines is 2. The Morgan fingerprint density at radius 3 is 2.18 bits per heavy atom. The van der Waals surface area contributed by atoms with E-state index in [4.69, 9.17) is 5.73 Å². The number of nitrogens with two attached hydrogens (primary N) is 1. The molecule has 22 heavy (non-hydrogen) atoms. The average molecular weight is 318 g/mol. The van der Waals surface area contributed by atoms with Crippen LogP contribution in [-0.2, 0) is 0 Å². The fourth-order valence-corrected chi connectivity index (χ4v) is 2.83. The quantitative estimate of drug-likeness (QED) is 0.540. The lowest BCUT2D eigenvalue weighted by molar-refractivity contribution is 0.281. The minimum absolute atomic E-state index is 0.0369. The highest BCUT2D eigenvalue weighted by atomic mass is 32.2. The first kappa shape index (κ1) is 16.7. The number of hydrogen-bond donors (Lipinski definition) is 3. The van der Waals surface area contributed by atoms with Crippen LogP contribution in [0.3, 0.4) is 0 Å². The fourth-order valence-electron chi connectivity index (χ4n) is 2.43. The Morgan fingerprint density at radius 2 is 1.64 bits per heavy atom. The Hall–Kier alpha value is -1.69. The molecule has 5 heteroatoms. The molecule has 0 aliphatic rings. The molecule has 0 fully saturated rings. The SMILES string of the molecule is CSc1ccc(-c2cc(N)ccc2N(CCO)CCO)cc1. The van der Waals surface area contributed by atoms with Gasteiger partial charge in [0.15, 0.2) is 0 Å². The number of aliphatic hydroxyl groups excluding tert-OH is 2. The average Bonchev–Trinajstić information content (AvgIpc) is 2.55. The maximum Gasteiger partial charge on any atom is 0.0606 e. The van der Waals surface area contributed by atoms with Gasteiger partial charge in [-0.1, -0.05) is 12.1 Å². The highest BCUT2D eigenvalue weighted by Crippen LogP contribution is 2.33. The molecule has 2 rings (SSSR count). The van der Waals surface area contributed by atoms with Crippen molar-refractivity contribution < 1.29 is 10.2 Å². The third kappa shape index (κ3) is 3.94. The van der Waals surface area contributed by atoms with Gasteiger partial charge < -0.3 is 20.8 Å². The van der Waals surface area contributed by atoms with Gasteiger partial charge in [0, 0.05) is 34.9 Å². The Kier molecular flexibility index (Phi) is 6.12. The fraction of sp³-hybridized carbons (Fsp3) is 0.294. The number of nitrogens with zero attached hydrogens (tertiary/aromatic N) is 1. The van der Waals surface area contributed by atoms with E-state index in [1.54, 1.807) is 11.8 Å². The molecule has 0 saturated carbocycles. The van der Waals surface area contributed by atoms with Gasteiger partial charge in [-0.15, -0.1) is 11.8 Å². The first-order valence-electron chi connectivity index (χ1n) is 7.20. The van der Waals surface area contributed by atoms with Crippen LogP contribution in [0.2, 0.25) is 0 Å². The van der Waals surface area contributed by atoms with Gasteiger partial charge in [-0.3, -0.25) is 0 Å². The third-order valence-corrected chi connectivity index (χ3v) is 4.25. The largest absolute Gasteiger partial charge is 0.399 e. The molecule has 2 aromatic carbocycles. The van der Waals surface area contributed by atoms with E-state index >= 15 is 0 Å². The summed E-state index contributed by atoms with van der Waals surface area (Å²) in [6.07, 6.45) is 2.05. The van der Waals surface area contributed by atoms with Crippen LogP contribution >= 0.6 is 11.8 Å². The minimum Gasteiger partial charge on any atom is -0.399 e. The lowest BCUT2D eigenvalue weighted by atomic mass is 10.0. The molecular formula is C17H22N2O2S. The van der Waals surface area contributed by atoms with Crippen molar-refractivity contribution in [2.75, 3.05) is 43.2 Å². The molecule has 0 aliphatic heterocycles. The molecule has 118 valence electrons. The van der Waals surface area contributed by atoms with Crippen molar-refractivity contribution in [2.45, 2.75) is 4.90 Å². The van der Waals surface area contributed by atoms with Gasteiger partial charge in [0.1, 0.15) is 0 Å². The van der Waals surface area contributed by atoms with Crippen LogP contribution < -0.4 is 10.6 Å². The van der Waals surface area contributed by atoms with Gasteiger partial charge in [-0.05, 0) is 42.2 Å². The predicted molar refractivity (Wildman–Crippen MR) is 94.5 cm³/mol. The van der Waals surface area contributed by atoms with Gasteiger partial charge >= 0.3 is 0 Å². The van der Waals surface area contributed by atoms with E-state index in [-0.39, 0.29) is 13.2 Å². The molecule has 0 spiro atoms. The molecule has 0 bridgehead atoms. The summed E-state index contributed by atoms with van der Waals surface area (Å²) in [5.41, 5.74) is 9.69. The number of hydrogen-bond acceptors (Lipinski definition) is 5. The lowest BCUT2D eigenvalue weighted by Crippen LogP contribution is -2.30. The maximum atomic E-state index is 9.26. The Labute approximate surface area is 135 Å². The van der Waals surface area contributed by atoms with Crippen LogP contribution in [0.1, 0.15) is 0 Å². The van der Waals surface area contributed by atoms with Crippen molar-refractivity contribution in [3.63, 3.8) is 0 Å². The van der Waals surface area contributed by atoms with E-state index in [2.05, 4.69) is 24.3 Å². The molecule has 4 N–H and O–H groups in total. The highest BCUT2D eigenvalue weighted by Gasteiger charge is 2.12. The van der Waals surface area contributed by atoms with E-state index in [0.29, 0.717) is 18.8 Å². The molecular weight excluding hydrogens is 296 g/mol. The zero-order valence-electron chi connectivity index (χ0n) is 12.7. The van der Waals surface area contributed by atoms with Gasteiger partial charge in [0.25, 0.3) is 0 Å². The van der Waals surface area contributed by atoms with Crippen molar-refractivity contribution in [1.29, 1.82) is 0 Å². The van der Waals surface area contributed by atoms with Crippen LogP contribution in [0.15, 0.2) is 47.4 Å². The summed E-state index contributed by atoms with van der Waals surface area (Å²) in [4.78, 5) is 3.17. The summed E-state index contributed by atoms with van der Waals surface area (Å²) in [6.45, 7) is 1.02. The topological polar surface area (TPSA) is 69.7 Å². The first-order valence-corrected chi connectivity index (χ1v) is 8.42. The minimum atomic E-state index is 0.0369. The zero-order chi connectivity index (χ0) is 15.9. The Balaban J connectivity index is 2.45. The second-order valence-electron chi connectivity index (χ2n) is 4.94. The zero-order valence-corrected chi connectivity index (χ0v) is 13.5. The normalized spacial score (nSPS) is 10.7. The number of aliphatic hydroxyl groups is 2. The molecule has 0 radical (unpaired) electrons. The summed E-state index contributed by atoms with van der Waals surface area (Å²) < 4.78 is 0. The summed E-state index contributed by atoms with van der Waals surface area (Å²) in [5.74, 6) is 0. The van der Waals surface area contributed by atoms with Crippen molar-refractivity contribution in [3.05, 3.63) is 42.5 Å². The predicted octanol–water partition coefficient (Wildman–Crippen LogP) is 2.45. The van der Waals surface area contributed by atoms with E-state index in [1.807, 2.05) is 29.4 Å². The molecule has 0 saturated heterocycles. The van der Waals surface area contributed by atoms with Gasteiger partial charge in [0.05, 0.1) is 13.2 Å². The first-order chi connectivity index (χ1) is 10.7. The molecule has 0 atom stereocenters. The van der Waals surface area contributed by atoms with Crippen molar-refractivity contribution in [1.82, 2.24) is 0 Å². The second-order valence-corrected chi connectivity index (χ2v) is 5.82. The van der Waals surface area contributed by atoms with Gasteiger partial charge in [-0.25, -0.2) is 0 Å². The van der Waals surface area contributed by atoms with E-state index in [0.717, 1.165) is 16.8 Å². The maximum absolute atomic E-state index is 9.26. The standard InChI is InChI=1S/C17H22N2O2S/c1-22-15-5-2-13(3-6-15)16-12-14(18)4-7-17(16)19(8-10-20)9-11-21/h2-7,12,20-21H,8-11,18H2,1H3. The van der Waals surface area contributed by atoms with Crippen LogP contribution in [0, 0.1) is 0 Å². The monoisotopic (exact) mass is 318 g/mol. The molecule has 0 heterocycles. The van der Waals surface area contributed by atoms with Crippen LogP contribution in [0.4, 0.5) is 11.4 Å². The van der Waals surface area contributed by atoms with Crippen molar-refractivity contribution in [2.24, 2.45) is 0 Å². The summed E-state index contributed by atoms with van der Waals surface area (Å²) >= 11 is 1.70. The Morgan fingerprint density at radius 1 is 1.00 bits per heavy atom. The van der Waals surface area contributed by atoms with Crippen molar-refractivity contribution in [3.8, 4) is 11.1 Å².